The molecule has 0 amide bonds. The summed E-state index contributed by atoms with van der Waals surface area (Å²) in [6, 6.07) is 3.46. The van der Waals surface area contributed by atoms with Crippen molar-refractivity contribution in [1.82, 2.24) is 19.5 Å². The lowest BCUT2D eigenvalue weighted by Gasteiger charge is -2.05. The van der Waals surface area contributed by atoms with Crippen LogP contribution in [0.4, 0.5) is 0 Å². The first-order chi connectivity index (χ1) is 7.69. The Labute approximate surface area is 93.7 Å². The Hall–Kier alpha value is -1.75. The molecule has 5 nitrogen and oxygen atoms in total. The number of nitrogens with zero attached hydrogens (tertiary/aromatic N) is 4. The van der Waals surface area contributed by atoms with E-state index < -0.39 is 0 Å². The first-order valence-electron chi connectivity index (χ1n) is 5.14. The number of pyridine rings is 1. The Morgan fingerprint density at radius 1 is 1.50 bits per heavy atom. The average molecular weight is 218 g/mol. The zero-order chi connectivity index (χ0) is 11.5. The van der Waals surface area contributed by atoms with Crippen molar-refractivity contribution in [1.29, 1.82) is 0 Å². The maximum absolute atomic E-state index is 10.6. The van der Waals surface area contributed by atoms with E-state index in [1.807, 2.05) is 14.1 Å². The maximum Gasteiger partial charge on any atom is 0.156 e. The van der Waals surface area contributed by atoms with E-state index in [0.717, 1.165) is 30.7 Å². The van der Waals surface area contributed by atoms with Gasteiger partial charge >= 0.3 is 0 Å². The highest BCUT2D eigenvalue weighted by atomic mass is 16.1. The molecule has 0 aliphatic carbocycles. The van der Waals surface area contributed by atoms with E-state index in [-0.39, 0.29) is 0 Å². The Morgan fingerprint density at radius 3 is 3.00 bits per heavy atom. The van der Waals surface area contributed by atoms with E-state index in [2.05, 4.69) is 15.0 Å². The van der Waals surface area contributed by atoms with Crippen LogP contribution in [0.3, 0.4) is 0 Å². The molecule has 2 rings (SSSR count). The van der Waals surface area contributed by atoms with Crippen LogP contribution in [0.15, 0.2) is 18.3 Å². The van der Waals surface area contributed by atoms with Crippen LogP contribution in [0.1, 0.15) is 16.2 Å². The van der Waals surface area contributed by atoms with E-state index in [1.54, 1.807) is 22.8 Å². The number of aldehydes is 1. The standard InChI is InChI=1S/C11H14N4O/c1-14(2)5-4-10-12-11-7-9(8-16)3-6-15(11)13-10/h3,6-8H,4-5H2,1-2H3. The largest absolute Gasteiger partial charge is 0.309 e. The summed E-state index contributed by atoms with van der Waals surface area (Å²) in [5.74, 6) is 0.803. The first kappa shape index (κ1) is 10.8. The van der Waals surface area contributed by atoms with E-state index in [1.165, 1.54) is 0 Å². The number of fused-ring (bicyclic) bond motifs is 1. The lowest BCUT2D eigenvalue weighted by molar-refractivity contribution is 0.112. The van der Waals surface area contributed by atoms with Gasteiger partial charge in [-0.05, 0) is 26.2 Å². The predicted octanol–water partition coefficient (Wildman–Crippen LogP) is 0.646. The van der Waals surface area contributed by atoms with Crippen LogP contribution in [0.25, 0.3) is 5.65 Å². The summed E-state index contributed by atoms with van der Waals surface area (Å²) in [4.78, 5) is 17.1. The van der Waals surface area contributed by atoms with E-state index in [9.17, 15) is 4.79 Å². The van der Waals surface area contributed by atoms with E-state index in [0.29, 0.717) is 5.56 Å². The molecular formula is C11H14N4O. The molecule has 0 saturated heterocycles. The number of hydrogen-bond acceptors (Lipinski definition) is 4. The third-order valence-electron chi connectivity index (χ3n) is 2.32. The molecule has 16 heavy (non-hydrogen) atoms. The molecule has 0 unspecified atom stereocenters. The number of rotatable bonds is 4. The van der Waals surface area contributed by atoms with Gasteiger partial charge in [0.15, 0.2) is 11.5 Å². The van der Waals surface area contributed by atoms with Crippen LogP contribution in [-0.4, -0.2) is 46.4 Å². The van der Waals surface area contributed by atoms with Gasteiger partial charge < -0.3 is 4.90 Å². The Balaban J connectivity index is 2.25. The molecule has 2 aromatic heterocycles. The van der Waals surface area contributed by atoms with Gasteiger partial charge in [0.2, 0.25) is 0 Å². The predicted molar refractivity (Wildman–Crippen MR) is 60.6 cm³/mol. The topological polar surface area (TPSA) is 50.5 Å². The van der Waals surface area contributed by atoms with Gasteiger partial charge in [-0.1, -0.05) is 0 Å². The highest BCUT2D eigenvalue weighted by molar-refractivity contribution is 5.76. The van der Waals surface area contributed by atoms with Gasteiger partial charge in [0.1, 0.15) is 6.29 Å². The third kappa shape index (κ3) is 2.25. The highest BCUT2D eigenvalue weighted by Gasteiger charge is 2.04. The zero-order valence-electron chi connectivity index (χ0n) is 9.42. The second-order valence-corrected chi connectivity index (χ2v) is 3.96. The molecule has 84 valence electrons. The minimum atomic E-state index is 0.624. The molecule has 0 spiro atoms. The zero-order valence-corrected chi connectivity index (χ0v) is 9.42. The van der Waals surface area contributed by atoms with Gasteiger partial charge in [-0.15, -0.1) is 0 Å². The van der Waals surface area contributed by atoms with E-state index in [4.69, 9.17) is 0 Å². The summed E-state index contributed by atoms with van der Waals surface area (Å²) in [7, 11) is 4.03. The molecule has 0 fully saturated rings. The number of hydrogen-bond donors (Lipinski definition) is 0. The molecule has 0 radical (unpaired) electrons. The van der Waals surface area contributed by atoms with Crippen LogP contribution < -0.4 is 0 Å². The van der Waals surface area contributed by atoms with Gasteiger partial charge in [-0.25, -0.2) is 9.50 Å². The molecule has 0 bridgehead atoms. The lowest BCUT2D eigenvalue weighted by Crippen LogP contribution is -2.15. The van der Waals surface area contributed by atoms with Gasteiger partial charge in [-0.3, -0.25) is 4.79 Å². The van der Waals surface area contributed by atoms with Crippen molar-refractivity contribution in [2.75, 3.05) is 20.6 Å². The van der Waals surface area contributed by atoms with Gasteiger partial charge in [0.25, 0.3) is 0 Å². The molecule has 2 aromatic rings. The summed E-state index contributed by atoms with van der Waals surface area (Å²) >= 11 is 0. The SMILES string of the molecule is CN(C)CCc1nc2cc(C=O)ccn2n1. The minimum Gasteiger partial charge on any atom is -0.309 e. The van der Waals surface area contributed by atoms with Crippen LogP contribution in [0.2, 0.25) is 0 Å². The smallest absolute Gasteiger partial charge is 0.156 e. The normalized spacial score (nSPS) is 11.2. The summed E-state index contributed by atoms with van der Waals surface area (Å²) < 4.78 is 1.69. The van der Waals surface area contributed by atoms with Crippen LogP contribution >= 0.6 is 0 Å². The Bertz CT molecular complexity index is 504. The average Bonchev–Trinajstić information content (AvgIpc) is 2.67. The molecule has 0 N–H and O–H groups in total. The molecule has 0 aliphatic heterocycles. The molecular weight excluding hydrogens is 204 g/mol. The van der Waals surface area contributed by atoms with Crippen LogP contribution in [0, 0.1) is 0 Å². The molecule has 0 saturated carbocycles. The van der Waals surface area contributed by atoms with Crippen molar-refractivity contribution in [2.45, 2.75) is 6.42 Å². The van der Waals surface area contributed by atoms with Crippen molar-refractivity contribution < 1.29 is 4.79 Å². The lowest BCUT2D eigenvalue weighted by atomic mass is 10.3. The summed E-state index contributed by atoms with van der Waals surface area (Å²) in [6.07, 6.45) is 3.38. The summed E-state index contributed by atoms with van der Waals surface area (Å²) in [5, 5.41) is 4.32. The Kier molecular flexibility index (Phi) is 2.96. The number of aromatic nitrogens is 3. The third-order valence-corrected chi connectivity index (χ3v) is 2.32. The monoisotopic (exact) mass is 218 g/mol. The van der Waals surface area contributed by atoms with Gasteiger partial charge in [0, 0.05) is 24.7 Å². The van der Waals surface area contributed by atoms with Crippen molar-refractivity contribution in [3.63, 3.8) is 0 Å². The van der Waals surface area contributed by atoms with Crippen LogP contribution in [-0.2, 0) is 6.42 Å². The van der Waals surface area contributed by atoms with Crippen molar-refractivity contribution in [3.8, 4) is 0 Å². The van der Waals surface area contributed by atoms with Gasteiger partial charge in [-0.2, -0.15) is 5.10 Å². The van der Waals surface area contributed by atoms with Crippen molar-refractivity contribution in [3.05, 3.63) is 29.7 Å². The fourth-order valence-corrected chi connectivity index (χ4v) is 1.45. The summed E-state index contributed by atoms with van der Waals surface area (Å²) in [5.41, 5.74) is 1.34. The molecule has 5 heteroatoms. The van der Waals surface area contributed by atoms with E-state index >= 15 is 0 Å². The molecule has 0 aliphatic rings. The molecule has 0 atom stereocenters. The summed E-state index contributed by atoms with van der Waals surface area (Å²) in [6.45, 7) is 0.914. The molecule has 2 heterocycles. The van der Waals surface area contributed by atoms with Crippen molar-refractivity contribution >= 4 is 11.9 Å². The van der Waals surface area contributed by atoms with Gasteiger partial charge in [0.05, 0.1) is 0 Å². The second-order valence-electron chi connectivity index (χ2n) is 3.96. The fraction of sp³-hybridized carbons (Fsp3) is 0.364. The number of carbonyl (C=O) groups is 1. The van der Waals surface area contributed by atoms with Crippen molar-refractivity contribution in [2.24, 2.45) is 0 Å². The molecule has 0 aromatic carbocycles. The quantitative estimate of drug-likeness (QED) is 0.707. The van der Waals surface area contributed by atoms with Crippen LogP contribution in [0.5, 0.6) is 0 Å². The first-order valence-corrected chi connectivity index (χ1v) is 5.14. The second kappa shape index (κ2) is 4.40. The fourth-order valence-electron chi connectivity index (χ4n) is 1.45. The number of likely N-dealkylation sites (N-methyl/N-ethyl adjacent to an activating group) is 1. The minimum absolute atomic E-state index is 0.624. The Morgan fingerprint density at radius 2 is 2.31 bits per heavy atom. The maximum atomic E-state index is 10.6. The highest BCUT2D eigenvalue weighted by Crippen LogP contribution is 2.04. The number of carbonyl (C=O) groups excluding carboxylic acids is 1.